The van der Waals surface area contributed by atoms with Crippen molar-refractivity contribution in [3.8, 4) is 0 Å². The lowest BCUT2D eigenvalue weighted by atomic mass is 10.1. The van der Waals surface area contributed by atoms with Crippen LogP contribution in [0.3, 0.4) is 0 Å². The van der Waals surface area contributed by atoms with Gasteiger partial charge in [-0.3, -0.25) is 9.59 Å². The number of ketones is 1. The minimum Gasteiger partial charge on any atom is -0.363 e. The van der Waals surface area contributed by atoms with Crippen molar-refractivity contribution in [1.29, 1.82) is 0 Å². The van der Waals surface area contributed by atoms with Gasteiger partial charge in [0.2, 0.25) is 5.78 Å². The number of amides is 1. The second-order valence-corrected chi connectivity index (χ2v) is 2.92. The molecule has 4 heteroatoms. The van der Waals surface area contributed by atoms with E-state index >= 15 is 0 Å². The summed E-state index contributed by atoms with van der Waals surface area (Å²) >= 11 is 0. The Hall–Kier alpha value is -2.10. The SMILES string of the molecule is C/C=C\Nc1ccc(C(=O)C(N)=O)cc1. The molecule has 0 fully saturated rings. The number of nitrogens with two attached hydrogens (primary N) is 1. The fourth-order valence-corrected chi connectivity index (χ4v) is 1.04. The minimum absolute atomic E-state index is 0.300. The normalized spacial score (nSPS) is 10.2. The summed E-state index contributed by atoms with van der Waals surface area (Å²) in [5, 5.41) is 2.98. The summed E-state index contributed by atoms with van der Waals surface area (Å²) < 4.78 is 0. The molecule has 4 nitrogen and oxygen atoms in total. The van der Waals surface area contributed by atoms with Gasteiger partial charge in [-0.05, 0) is 37.4 Å². The van der Waals surface area contributed by atoms with Gasteiger partial charge in [-0.15, -0.1) is 0 Å². The molecule has 0 aliphatic carbocycles. The molecule has 1 aromatic carbocycles. The standard InChI is InChI=1S/C11H12N2O2/c1-2-7-13-9-5-3-8(4-6-9)10(14)11(12)15/h2-7,13H,1H3,(H2,12,15)/b7-2-. The van der Waals surface area contributed by atoms with Crippen molar-refractivity contribution < 1.29 is 9.59 Å². The van der Waals surface area contributed by atoms with Gasteiger partial charge in [0, 0.05) is 11.3 Å². The van der Waals surface area contributed by atoms with Gasteiger partial charge in [0.25, 0.3) is 5.91 Å². The van der Waals surface area contributed by atoms with E-state index in [4.69, 9.17) is 5.73 Å². The zero-order valence-electron chi connectivity index (χ0n) is 8.36. The molecule has 0 unspecified atom stereocenters. The van der Waals surface area contributed by atoms with Crippen LogP contribution in [0.1, 0.15) is 17.3 Å². The molecule has 0 aromatic heterocycles. The van der Waals surface area contributed by atoms with Gasteiger partial charge in [-0.25, -0.2) is 0 Å². The lowest BCUT2D eigenvalue weighted by Gasteiger charge is -2.01. The number of Topliss-reactive ketones (excluding diaryl/α,β-unsaturated/α-hetero) is 1. The molecule has 1 rings (SSSR count). The highest BCUT2D eigenvalue weighted by atomic mass is 16.2. The predicted octanol–water partition coefficient (Wildman–Crippen LogP) is 1.30. The third-order valence-electron chi connectivity index (χ3n) is 1.79. The van der Waals surface area contributed by atoms with Crippen LogP contribution in [0.5, 0.6) is 0 Å². The van der Waals surface area contributed by atoms with Crippen LogP contribution >= 0.6 is 0 Å². The van der Waals surface area contributed by atoms with E-state index in [-0.39, 0.29) is 0 Å². The Kier molecular flexibility index (Phi) is 3.62. The largest absolute Gasteiger partial charge is 0.363 e. The van der Waals surface area contributed by atoms with Gasteiger partial charge in [0.1, 0.15) is 0 Å². The number of hydrogen-bond acceptors (Lipinski definition) is 3. The van der Waals surface area contributed by atoms with Crippen LogP contribution in [0.2, 0.25) is 0 Å². The summed E-state index contributed by atoms with van der Waals surface area (Å²) in [6, 6.07) is 6.52. The van der Waals surface area contributed by atoms with Crippen LogP contribution in [-0.4, -0.2) is 11.7 Å². The van der Waals surface area contributed by atoms with Crippen molar-refractivity contribution in [2.75, 3.05) is 5.32 Å². The maximum atomic E-state index is 11.2. The molecular formula is C11H12N2O2. The Bertz CT molecular complexity index is 394. The second kappa shape index (κ2) is 4.95. The minimum atomic E-state index is -0.941. The number of benzene rings is 1. The zero-order chi connectivity index (χ0) is 11.3. The van der Waals surface area contributed by atoms with Crippen LogP contribution in [0.4, 0.5) is 5.69 Å². The number of hydrogen-bond donors (Lipinski definition) is 2. The molecule has 15 heavy (non-hydrogen) atoms. The summed E-state index contributed by atoms with van der Waals surface area (Å²) in [5.41, 5.74) is 6.01. The number of anilines is 1. The van der Waals surface area contributed by atoms with E-state index in [0.717, 1.165) is 5.69 Å². The summed E-state index contributed by atoms with van der Waals surface area (Å²) in [6.45, 7) is 1.89. The molecule has 0 atom stereocenters. The summed E-state index contributed by atoms with van der Waals surface area (Å²) in [7, 11) is 0. The first-order chi connectivity index (χ1) is 7.15. The van der Waals surface area contributed by atoms with E-state index in [1.165, 1.54) is 0 Å². The van der Waals surface area contributed by atoms with Crippen molar-refractivity contribution >= 4 is 17.4 Å². The first kappa shape index (κ1) is 11.0. The van der Waals surface area contributed by atoms with Crippen molar-refractivity contribution in [3.05, 3.63) is 42.1 Å². The highest BCUT2D eigenvalue weighted by Gasteiger charge is 2.10. The summed E-state index contributed by atoms with van der Waals surface area (Å²) in [4.78, 5) is 21.8. The Morgan fingerprint density at radius 3 is 2.33 bits per heavy atom. The molecule has 78 valence electrons. The molecule has 0 aliphatic heterocycles. The van der Waals surface area contributed by atoms with Gasteiger partial charge in [0.05, 0.1) is 0 Å². The first-order valence-corrected chi connectivity index (χ1v) is 4.47. The molecule has 0 spiro atoms. The van der Waals surface area contributed by atoms with E-state index in [2.05, 4.69) is 5.32 Å². The molecule has 0 saturated carbocycles. The van der Waals surface area contributed by atoms with Crippen LogP contribution in [0.15, 0.2) is 36.5 Å². The molecule has 0 radical (unpaired) electrons. The van der Waals surface area contributed by atoms with E-state index in [1.807, 2.05) is 13.0 Å². The van der Waals surface area contributed by atoms with Crippen LogP contribution in [0.25, 0.3) is 0 Å². The van der Waals surface area contributed by atoms with E-state index in [9.17, 15) is 9.59 Å². The fraction of sp³-hybridized carbons (Fsp3) is 0.0909. The summed E-state index contributed by atoms with van der Waals surface area (Å²) in [6.07, 6.45) is 3.62. The number of carbonyl (C=O) groups is 2. The number of rotatable bonds is 4. The average Bonchev–Trinajstić information content (AvgIpc) is 2.26. The molecule has 0 saturated heterocycles. The van der Waals surface area contributed by atoms with Crippen molar-refractivity contribution in [3.63, 3.8) is 0 Å². The van der Waals surface area contributed by atoms with Gasteiger partial charge in [-0.1, -0.05) is 6.08 Å². The monoisotopic (exact) mass is 204 g/mol. The number of carbonyl (C=O) groups excluding carboxylic acids is 2. The topological polar surface area (TPSA) is 72.2 Å². The molecule has 1 amide bonds. The maximum absolute atomic E-state index is 11.2. The third kappa shape index (κ3) is 2.95. The van der Waals surface area contributed by atoms with Gasteiger partial charge in [-0.2, -0.15) is 0 Å². The van der Waals surface area contributed by atoms with E-state index in [0.29, 0.717) is 5.56 Å². The third-order valence-corrected chi connectivity index (χ3v) is 1.79. The number of nitrogens with one attached hydrogen (secondary N) is 1. The Morgan fingerprint density at radius 1 is 1.27 bits per heavy atom. The van der Waals surface area contributed by atoms with Crippen molar-refractivity contribution in [2.24, 2.45) is 5.73 Å². The lowest BCUT2D eigenvalue weighted by molar-refractivity contribution is -0.114. The molecular weight excluding hydrogens is 192 g/mol. The average molecular weight is 204 g/mol. The van der Waals surface area contributed by atoms with Crippen LogP contribution in [0, 0.1) is 0 Å². The Labute approximate surface area is 87.8 Å². The highest BCUT2D eigenvalue weighted by molar-refractivity contribution is 6.42. The van der Waals surface area contributed by atoms with Crippen LogP contribution in [-0.2, 0) is 4.79 Å². The maximum Gasteiger partial charge on any atom is 0.289 e. The first-order valence-electron chi connectivity index (χ1n) is 4.47. The van der Waals surface area contributed by atoms with E-state index < -0.39 is 11.7 Å². The second-order valence-electron chi connectivity index (χ2n) is 2.92. The quantitative estimate of drug-likeness (QED) is 0.573. The number of primary amides is 1. The van der Waals surface area contributed by atoms with Crippen molar-refractivity contribution in [2.45, 2.75) is 6.92 Å². The number of allylic oxidation sites excluding steroid dienone is 1. The van der Waals surface area contributed by atoms with Gasteiger partial charge >= 0.3 is 0 Å². The molecule has 0 aliphatic rings. The van der Waals surface area contributed by atoms with Crippen molar-refractivity contribution in [1.82, 2.24) is 0 Å². The van der Waals surface area contributed by atoms with Gasteiger partial charge < -0.3 is 11.1 Å². The fourth-order valence-electron chi connectivity index (χ4n) is 1.04. The zero-order valence-corrected chi connectivity index (χ0v) is 8.36. The Morgan fingerprint density at radius 2 is 1.87 bits per heavy atom. The Balaban J connectivity index is 2.80. The summed E-state index contributed by atoms with van der Waals surface area (Å²) in [5.74, 6) is -1.61. The van der Waals surface area contributed by atoms with E-state index in [1.54, 1.807) is 30.5 Å². The molecule has 0 heterocycles. The smallest absolute Gasteiger partial charge is 0.289 e. The lowest BCUT2D eigenvalue weighted by Crippen LogP contribution is -2.22. The van der Waals surface area contributed by atoms with Gasteiger partial charge in [0.15, 0.2) is 0 Å². The predicted molar refractivity (Wildman–Crippen MR) is 58.4 cm³/mol. The molecule has 0 bridgehead atoms. The molecule has 1 aromatic rings. The molecule has 3 N–H and O–H groups in total. The van der Waals surface area contributed by atoms with Crippen LogP contribution < -0.4 is 11.1 Å². The highest BCUT2D eigenvalue weighted by Crippen LogP contribution is 2.09.